The number of aromatic nitrogens is 1. The van der Waals surface area contributed by atoms with Crippen LogP contribution < -0.4 is 21.7 Å². The maximum Gasteiger partial charge on any atom is 0.242 e. The molecule has 1 aromatic heterocycles. The molecule has 0 radical (unpaired) electrons. The molecule has 3 atom stereocenters. The average Bonchev–Trinajstić information content (AvgIpc) is 3.21. The first-order valence-corrected chi connectivity index (χ1v) is 12.0. The highest BCUT2D eigenvalue weighted by Crippen LogP contribution is 2.36. The number of pyridine rings is 1. The number of nitrogen functional groups attached to an aromatic ring is 1. The van der Waals surface area contributed by atoms with Crippen molar-refractivity contribution in [2.45, 2.75) is 70.5 Å². The second-order valence-electron chi connectivity index (χ2n) is 9.56. The van der Waals surface area contributed by atoms with Gasteiger partial charge in [0.1, 0.15) is 11.9 Å². The lowest BCUT2D eigenvalue weighted by Gasteiger charge is -2.25. The van der Waals surface area contributed by atoms with Crippen molar-refractivity contribution >= 4 is 17.6 Å². The molecule has 0 bridgehead atoms. The highest BCUT2D eigenvalue weighted by Gasteiger charge is 2.31. The van der Waals surface area contributed by atoms with Crippen LogP contribution in [-0.4, -0.2) is 35.4 Å². The van der Waals surface area contributed by atoms with E-state index in [1.165, 1.54) is 30.4 Å². The minimum atomic E-state index is -0.612. The summed E-state index contributed by atoms with van der Waals surface area (Å²) in [5, 5.41) is 9.04. The quantitative estimate of drug-likeness (QED) is 0.495. The molecule has 2 heterocycles. The standard InChI is InChI=1S/C26H35N5O2/c1-16-22(10-11-24(27)30-16)15-29-25(32)17(2)31-26(33)23-13-19(14-28-23)12-18-6-8-21(9-7-18)20-4-3-5-20/h6-11,17,19-20,23,28H,3-5,12-15H2,1-2H3,(H2,27,30)(H,29,32)(H,31,33)/t17-,19-,23+/m0/s1. The first-order chi connectivity index (χ1) is 15.9. The van der Waals surface area contributed by atoms with Gasteiger partial charge in [-0.3, -0.25) is 9.59 Å². The fourth-order valence-electron chi connectivity index (χ4n) is 4.68. The van der Waals surface area contributed by atoms with Gasteiger partial charge in [-0.1, -0.05) is 36.8 Å². The molecule has 176 valence electrons. The van der Waals surface area contributed by atoms with Crippen LogP contribution in [-0.2, 0) is 22.6 Å². The summed E-state index contributed by atoms with van der Waals surface area (Å²) in [5.41, 5.74) is 10.1. The molecule has 1 aliphatic heterocycles. The summed E-state index contributed by atoms with van der Waals surface area (Å²) in [5.74, 6) is 1.29. The summed E-state index contributed by atoms with van der Waals surface area (Å²) in [6.45, 7) is 4.72. The van der Waals surface area contributed by atoms with Crippen LogP contribution in [0.1, 0.15) is 60.9 Å². The molecule has 1 aromatic carbocycles. The van der Waals surface area contributed by atoms with E-state index in [-0.39, 0.29) is 17.9 Å². The van der Waals surface area contributed by atoms with E-state index in [0.717, 1.165) is 36.6 Å². The van der Waals surface area contributed by atoms with E-state index >= 15 is 0 Å². The Morgan fingerprint density at radius 1 is 1.18 bits per heavy atom. The van der Waals surface area contributed by atoms with E-state index in [1.807, 2.05) is 13.0 Å². The molecule has 0 spiro atoms. The zero-order chi connectivity index (χ0) is 23.4. The molecule has 1 aliphatic carbocycles. The number of nitrogens with one attached hydrogen (secondary N) is 3. The van der Waals surface area contributed by atoms with Crippen molar-refractivity contribution in [1.29, 1.82) is 0 Å². The topological polar surface area (TPSA) is 109 Å². The molecular formula is C26H35N5O2. The van der Waals surface area contributed by atoms with E-state index < -0.39 is 6.04 Å². The molecule has 2 fully saturated rings. The minimum absolute atomic E-state index is 0.120. The third-order valence-corrected chi connectivity index (χ3v) is 7.04. The van der Waals surface area contributed by atoms with Crippen LogP contribution in [0.4, 0.5) is 5.82 Å². The lowest BCUT2D eigenvalue weighted by molar-refractivity contribution is -0.129. The normalized spacial score (nSPS) is 21.3. The molecule has 1 saturated carbocycles. The van der Waals surface area contributed by atoms with Gasteiger partial charge in [0.05, 0.1) is 6.04 Å². The number of carbonyl (C=O) groups excluding carboxylic acids is 2. The summed E-state index contributed by atoms with van der Waals surface area (Å²) >= 11 is 0. The van der Waals surface area contributed by atoms with Crippen molar-refractivity contribution in [1.82, 2.24) is 20.9 Å². The largest absolute Gasteiger partial charge is 0.384 e. The molecule has 1 saturated heterocycles. The Morgan fingerprint density at radius 2 is 1.94 bits per heavy atom. The third kappa shape index (κ3) is 5.90. The van der Waals surface area contributed by atoms with E-state index in [0.29, 0.717) is 18.3 Å². The SMILES string of the molecule is Cc1nc(N)ccc1CNC(=O)[C@H](C)NC(=O)[C@H]1C[C@H](Cc2ccc(C3CCC3)cc2)CN1. The zero-order valence-corrected chi connectivity index (χ0v) is 19.6. The van der Waals surface area contributed by atoms with E-state index in [4.69, 9.17) is 5.73 Å². The lowest BCUT2D eigenvalue weighted by atomic mass is 9.80. The van der Waals surface area contributed by atoms with Gasteiger partial charge in [0.2, 0.25) is 11.8 Å². The summed E-state index contributed by atoms with van der Waals surface area (Å²) < 4.78 is 0. The molecule has 2 amide bonds. The van der Waals surface area contributed by atoms with Crippen molar-refractivity contribution in [2.24, 2.45) is 5.92 Å². The van der Waals surface area contributed by atoms with Crippen molar-refractivity contribution < 1.29 is 9.59 Å². The number of carbonyl (C=O) groups is 2. The number of hydrogen-bond donors (Lipinski definition) is 4. The number of anilines is 1. The van der Waals surface area contributed by atoms with Crippen molar-refractivity contribution in [3.8, 4) is 0 Å². The predicted molar refractivity (Wildman–Crippen MR) is 129 cm³/mol. The van der Waals surface area contributed by atoms with Crippen molar-refractivity contribution in [3.05, 3.63) is 58.8 Å². The Hall–Kier alpha value is -2.93. The van der Waals surface area contributed by atoms with Crippen LogP contribution in [0.15, 0.2) is 36.4 Å². The number of rotatable bonds is 8. The smallest absolute Gasteiger partial charge is 0.242 e. The highest BCUT2D eigenvalue weighted by atomic mass is 16.2. The minimum Gasteiger partial charge on any atom is -0.384 e. The van der Waals surface area contributed by atoms with E-state index in [9.17, 15) is 9.59 Å². The monoisotopic (exact) mass is 449 g/mol. The van der Waals surface area contributed by atoms with Gasteiger partial charge >= 0.3 is 0 Å². The molecule has 7 nitrogen and oxygen atoms in total. The molecule has 5 N–H and O–H groups in total. The maximum atomic E-state index is 12.7. The fourth-order valence-corrected chi connectivity index (χ4v) is 4.68. The second-order valence-corrected chi connectivity index (χ2v) is 9.56. The Kier molecular flexibility index (Phi) is 7.28. The predicted octanol–water partition coefficient (Wildman–Crippen LogP) is 2.58. The Balaban J connectivity index is 1.21. The molecule has 7 heteroatoms. The van der Waals surface area contributed by atoms with Crippen LogP contribution in [0.2, 0.25) is 0 Å². The first-order valence-electron chi connectivity index (χ1n) is 12.0. The van der Waals surface area contributed by atoms with Crippen LogP contribution in [0.25, 0.3) is 0 Å². The van der Waals surface area contributed by atoms with Gasteiger partial charge in [-0.15, -0.1) is 0 Å². The molecular weight excluding hydrogens is 414 g/mol. The lowest BCUT2D eigenvalue weighted by Crippen LogP contribution is -2.50. The zero-order valence-electron chi connectivity index (χ0n) is 19.6. The summed E-state index contributed by atoms with van der Waals surface area (Å²) in [7, 11) is 0. The van der Waals surface area contributed by atoms with Gasteiger partial charge in [0, 0.05) is 12.2 Å². The summed E-state index contributed by atoms with van der Waals surface area (Å²) in [6.07, 6.45) is 5.73. The first kappa shape index (κ1) is 23.2. The molecule has 2 aromatic rings. The van der Waals surface area contributed by atoms with Crippen molar-refractivity contribution in [2.75, 3.05) is 12.3 Å². The van der Waals surface area contributed by atoms with Crippen LogP contribution in [0.5, 0.6) is 0 Å². The van der Waals surface area contributed by atoms with Crippen LogP contribution in [0.3, 0.4) is 0 Å². The number of benzene rings is 1. The van der Waals surface area contributed by atoms with Gasteiger partial charge in [-0.05, 0) is 80.7 Å². The Morgan fingerprint density at radius 3 is 2.61 bits per heavy atom. The number of nitrogens with two attached hydrogens (primary N) is 1. The van der Waals surface area contributed by atoms with Crippen LogP contribution in [0, 0.1) is 12.8 Å². The average molecular weight is 450 g/mol. The molecule has 0 unspecified atom stereocenters. The second kappa shape index (κ2) is 10.3. The summed E-state index contributed by atoms with van der Waals surface area (Å²) in [6, 6.07) is 11.7. The number of hydrogen-bond acceptors (Lipinski definition) is 5. The molecule has 33 heavy (non-hydrogen) atoms. The maximum absolute atomic E-state index is 12.7. The third-order valence-electron chi connectivity index (χ3n) is 7.04. The Bertz CT molecular complexity index is 987. The fraction of sp³-hybridized carbons (Fsp3) is 0.500. The van der Waals surface area contributed by atoms with E-state index in [1.54, 1.807) is 13.0 Å². The number of nitrogens with zero attached hydrogens (tertiary/aromatic N) is 1. The van der Waals surface area contributed by atoms with Gasteiger partial charge < -0.3 is 21.7 Å². The van der Waals surface area contributed by atoms with Gasteiger partial charge in [0.25, 0.3) is 0 Å². The van der Waals surface area contributed by atoms with Gasteiger partial charge in [-0.25, -0.2) is 4.98 Å². The Labute approximate surface area is 195 Å². The molecule has 2 aliphatic rings. The number of aryl methyl sites for hydroxylation is 1. The summed E-state index contributed by atoms with van der Waals surface area (Å²) in [4.78, 5) is 29.4. The van der Waals surface area contributed by atoms with Gasteiger partial charge in [0.15, 0.2) is 0 Å². The molecule has 4 rings (SSSR count). The number of amides is 2. The van der Waals surface area contributed by atoms with Gasteiger partial charge in [-0.2, -0.15) is 0 Å². The van der Waals surface area contributed by atoms with E-state index in [2.05, 4.69) is 45.2 Å². The highest BCUT2D eigenvalue weighted by molar-refractivity contribution is 5.89. The van der Waals surface area contributed by atoms with Crippen LogP contribution >= 0.6 is 0 Å². The van der Waals surface area contributed by atoms with Crippen molar-refractivity contribution in [3.63, 3.8) is 0 Å².